The van der Waals surface area contributed by atoms with Crippen LogP contribution in [0.25, 0.3) is 0 Å². The highest BCUT2D eigenvalue weighted by Crippen LogP contribution is 2.24. The van der Waals surface area contributed by atoms with Crippen LogP contribution in [0.1, 0.15) is 32.3 Å². The standard InChI is InChI=1S/C17H28N4O3S.HI/c1-3-19-16(21-13-17(2)10-4-12-24-17)20-11-9-14-5-7-15(8-6-14)25(18,22)23;/h5-8H,3-4,9-13H2,1-2H3,(H2,18,22,23)(H2,19,20,21);1H. The van der Waals surface area contributed by atoms with Crippen LogP contribution in [0.15, 0.2) is 34.2 Å². The first-order valence-electron chi connectivity index (χ1n) is 8.60. The molecule has 1 saturated heterocycles. The van der Waals surface area contributed by atoms with Crippen LogP contribution in [0.5, 0.6) is 0 Å². The molecule has 1 aliphatic heterocycles. The number of halogens is 1. The lowest BCUT2D eigenvalue weighted by Gasteiger charge is -2.21. The third kappa shape index (κ3) is 7.37. The molecule has 0 radical (unpaired) electrons. The number of aliphatic imine (C=N–C) groups is 1. The molecule has 148 valence electrons. The minimum absolute atomic E-state index is 0. The number of sulfonamides is 1. The number of guanidine groups is 1. The minimum Gasteiger partial charge on any atom is -0.373 e. The Bertz CT molecular complexity index is 686. The molecule has 0 amide bonds. The van der Waals surface area contributed by atoms with Gasteiger partial charge in [-0.1, -0.05) is 12.1 Å². The Kier molecular flexibility index (Phi) is 9.28. The van der Waals surface area contributed by atoms with E-state index in [0.717, 1.165) is 43.9 Å². The quantitative estimate of drug-likeness (QED) is 0.302. The summed E-state index contributed by atoms with van der Waals surface area (Å²) in [5.74, 6) is 0.764. The van der Waals surface area contributed by atoms with Gasteiger partial charge in [0.2, 0.25) is 10.0 Å². The first kappa shape index (κ1) is 23.1. The molecule has 1 fully saturated rings. The fourth-order valence-corrected chi connectivity index (χ4v) is 3.24. The fourth-order valence-electron chi connectivity index (χ4n) is 2.72. The summed E-state index contributed by atoms with van der Waals surface area (Å²) in [6.07, 6.45) is 2.87. The largest absolute Gasteiger partial charge is 0.373 e. The van der Waals surface area contributed by atoms with Crippen molar-refractivity contribution in [3.63, 3.8) is 0 Å². The van der Waals surface area contributed by atoms with Gasteiger partial charge in [0.15, 0.2) is 5.96 Å². The van der Waals surface area contributed by atoms with E-state index >= 15 is 0 Å². The van der Waals surface area contributed by atoms with Crippen molar-refractivity contribution < 1.29 is 13.2 Å². The summed E-state index contributed by atoms with van der Waals surface area (Å²) < 4.78 is 28.3. The molecule has 1 heterocycles. The van der Waals surface area contributed by atoms with E-state index in [2.05, 4.69) is 22.5 Å². The average molecular weight is 496 g/mol. The summed E-state index contributed by atoms with van der Waals surface area (Å²) in [7, 11) is -3.64. The number of nitrogens with two attached hydrogens (primary N) is 1. The van der Waals surface area contributed by atoms with Crippen molar-refractivity contribution in [3.8, 4) is 0 Å². The molecule has 0 aliphatic carbocycles. The molecule has 0 spiro atoms. The molecule has 9 heteroatoms. The van der Waals surface area contributed by atoms with Gasteiger partial charge in [-0.2, -0.15) is 0 Å². The molecule has 4 N–H and O–H groups in total. The molecule has 0 bridgehead atoms. The van der Waals surface area contributed by atoms with Gasteiger partial charge in [-0.3, -0.25) is 4.99 Å². The second kappa shape index (κ2) is 10.4. The number of hydrogen-bond donors (Lipinski definition) is 3. The molecule has 7 nitrogen and oxygen atoms in total. The van der Waals surface area contributed by atoms with Crippen LogP contribution in [0, 0.1) is 0 Å². The van der Waals surface area contributed by atoms with E-state index < -0.39 is 10.0 Å². The number of primary sulfonamides is 1. The van der Waals surface area contributed by atoms with Crippen LogP contribution >= 0.6 is 24.0 Å². The zero-order valence-electron chi connectivity index (χ0n) is 15.3. The Morgan fingerprint density at radius 1 is 1.31 bits per heavy atom. The summed E-state index contributed by atoms with van der Waals surface area (Å²) >= 11 is 0. The maximum atomic E-state index is 11.3. The Hall–Kier alpha value is -0.910. The van der Waals surface area contributed by atoms with Gasteiger partial charge in [0.1, 0.15) is 0 Å². The van der Waals surface area contributed by atoms with Crippen molar-refractivity contribution in [2.24, 2.45) is 10.1 Å². The maximum Gasteiger partial charge on any atom is 0.238 e. The van der Waals surface area contributed by atoms with Crippen molar-refractivity contribution in [2.45, 2.75) is 43.6 Å². The Balaban J connectivity index is 0.00000338. The van der Waals surface area contributed by atoms with Gasteiger partial charge in [-0.25, -0.2) is 13.6 Å². The van der Waals surface area contributed by atoms with Crippen molar-refractivity contribution in [2.75, 3.05) is 26.2 Å². The van der Waals surface area contributed by atoms with Gasteiger partial charge in [0, 0.05) is 19.7 Å². The number of hydrogen-bond acceptors (Lipinski definition) is 4. The number of benzene rings is 1. The van der Waals surface area contributed by atoms with E-state index in [1.165, 1.54) is 12.1 Å². The lowest BCUT2D eigenvalue weighted by molar-refractivity contribution is 0.0283. The molecule has 1 atom stereocenters. The van der Waals surface area contributed by atoms with Crippen LogP contribution in [-0.2, 0) is 21.2 Å². The van der Waals surface area contributed by atoms with E-state index in [4.69, 9.17) is 9.88 Å². The van der Waals surface area contributed by atoms with Crippen molar-refractivity contribution in [3.05, 3.63) is 29.8 Å². The van der Waals surface area contributed by atoms with Crippen LogP contribution in [0.3, 0.4) is 0 Å². The highest BCUT2D eigenvalue weighted by atomic mass is 127. The van der Waals surface area contributed by atoms with E-state index in [-0.39, 0.29) is 34.5 Å². The van der Waals surface area contributed by atoms with Gasteiger partial charge < -0.3 is 15.4 Å². The first-order chi connectivity index (χ1) is 11.8. The molecule has 2 rings (SSSR count). The van der Waals surface area contributed by atoms with Crippen molar-refractivity contribution in [1.82, 2.24) is 10.6 Å². The Labute approximate surface area is 173 Å². The van der Waals surface area contributed by atoms with Gasteiger partial charge >= 0.3 is 0 Å². The molecule has 1 aromatic rings. The first-order valence-corrected chi connectivity index (χ1v) is 10.1. The SMILES string of the molecule is CCNC(=NCC1(C)CCCO1)NCCc1ccc(S(N)(=O)=O)cc1.I. The topological polar surface area (TPSA) is 106 Å². The second-order valence-corrected chi connectivity index (χ2v) is 8.02. The van der Waals surface area contributed by atoms with E-state index in [1.807, 2.05) is 6.92 Å². The lowest BCUT2D eigenvalue weighted by Crippen LogP contribution is -2.40. The Morgan fingerprint density at radius 3 is 2.54 bits per heavy atom. The highest BCUT2D eigenvalue weighted by molar-refractivity contribution is 14.0. The summed E-state index contributed by atoms with van der Waals surface area (Å²) in [6.45, 7) is 7.04. The molecule has 0 saturated carbocycles. The van der Waals surface area contributed by atoms with E-state index in [1.54, 1.807) is 12.1 Å². The molecule has 1 aliphatic rings. The number of ether oxygens (including phenoxy) is 1. The van der Waals surface area contributed by atoms with Crippen LogP contribution < -0.4 is 15.8 Å². The second-order valence-electron chi connectivity index (χ2n) is 6.46. The summed E-state index contributed by atoms with van der Waals surface area (Å²) in [4.78, 5) is 4.75. The van der Waals surface area contributed by atoms with Crippen molar-refractivity contribution in [1.29, 1.82) is 0 Å². The molecule has 1 aromatic carbocycles. The van der Waals surface area contributed by atoms with Crippen LogP contribution in [0.2, 0.25) is 0 Å². The minimum atomic E-state index is -3.64. The Morgan fingerprint density at radius 2 is 2.00 bits per heavy atom. The smallest absolute Gasteiger partial charge is 0.238 e. The van der Waals surface area contributed by atoms with Gasteiger partial charge in [-0.15, -0.1) is 24.0 Å². The number of rotatable bonds is 7. The summed E-state index contributed by atoms with van der Waals surface area (Å²) in [5.41, 5.74) is 0.869. The third-order valence-electron chi connectivity index (χ3n) is 4.17. The zero-order valence-corrected chi connectivity index (χ0v) is 18.5. The average Bonchev–Trinajstić information content (AvgIpc) is 2.99. The summed E-state index contributed by atoms with van der Waals surface area (Å²) in [5, 5.41) is 11.6. The summed E-state index contributed by atoms with van der Waals surface area (Å²) in [6, 6.07) is 6.61. The molecular weight excluding hydrogens is 467 g/mol. The molecule has 0 aromatic heterocycles. The van der Waals surface area contributed by atoms with Crippen LogP contribution in [-0.4, -0.2) is 46.2 Å². The van der Waals surface area contributed by atoms with Gasteiger partial charge in [-0.05, 0) is 50.8 Å². The van der Waals surface area contributed by atoms with E-state index in [9.17, 15) is 8.42 Å². The number of nitrogens with one attached hydrogen (secondary N) is 2. The molecule has 1 unspecified atom stereocenters. The third-order valence-corrected chi connectivity index (χ3v) is 5.10. The van der Waals surface area contributed by atoms with E-state index in [0.29, 0.717) is 13.1 Å². The predicted octanol–water partition coefficient (Wildman–Crippen LogP) is 1.62. The fraction of sp³-hybridized carbons (Fsp3) is 0.588. The zero-order chi connectivity index (χ0) is 18.3. The maximum absolute atomic E-state index is 11.3. The highest BCUT2D eigenvalue weighted by Gasteiger charge is 2.29. The van der Waals surface area contributed by atoms with Gasteiger partial charge in [0.25, 0.3) is 0 Å². The predicted molar refractivity (Wildman–Crippen MR) is 115 cm³/mol. The van der Waals surface area contributed by atoms with Crippen LogP contribution in [0.4, 0.5) is 0 Å². The lowest BCUT2D eigenvalue weighted by atomic mass is 10.0. The number of nitrogens with zero attached hydrogens (tertiary/aromatic N) is 1. The molecular formula is C17H29IN4O3S. The normalized spacial score (nSPS) is 20.5. The monoisotopic (exact) mass is 496 g/mol. The van der Waals surface area contributed by atoms with Gasteiger partial charge in [0.05, 0.1) is 17.0 Å². The molecule has 26 heavy (non-hydrogen) atoms. The van der Waals surface area contributed by atoms with Crippen molar-refractivity contribution >= 4 is 40.0 Å².